The molecule has 4 amide bonds. The zero-order chi connectivity index (χ0) is 46.4. The number of halogens is 1. The fourth-order valence-corrected chi connectivity index (χ4v) is 11.7. The van der Waals surface area contributed by atoms with Crippen LogP contribution in [-0.2, 0) is 38.6 Å². The van der Waals surface area contributed by atoms with Crippen molar-refractivity contribution in [1.82, 2.24) is 39.2 Å². The number of nitrogens with one attached hydrogen (secondary N) is 1. The Morgan fingerprint density at radius 1 is 0.853 bits per heavy atom. The fourth-order valence-electron chi connectivity index (χ4n) is 11.7. The number of ether oxygens (including phenoxy) is 1. The Hall–Kier alpha value is -6.53. The SMILES string of the molecule is CC(=O)N1CCc2c(c(N3CCN(C)c4cc(-c5cc6nccn6cc5N5CCN(CC6CN(c7ccc8c(c7)CN(C7CCC(=O)NC7=O)C8=O)C6)CC5)c(F)cc43)nn2C2CCOCC2)C1. The predicted molar refractivity (Wildman–Crippen MR) is 254 cm³/mol. The van der Waals surface area contributed by atoms with Gasteiger partial charge in [0, 0.05) is 176 Å². The molecule has 0 saturated carbocycles. The number of imide groups is 1. The number of rotatable bonds is 8. The average Bonchev–Trinajstić information content (AvgIpc) is 4.05. The monoisotopic (exact) mass is 924 g/mol. The lowest BCUT2D eigenvalue weighted by molar-refractivity contribution is -0.137. The molecule has 354 valence electrons. The second-order valence-corrected chi connectivity index (χ2v) is 19.7. The van der Waals surface area contributed by atoms with Crippen molar-refractivity contribution < 1.29 is 28.3 Å². The van der Waals surface area contributed by atoms with E-state index < -0.39 is 11.9 Å². The number of pyridine rings is 1. The number of carbonyl (C=O) groups is 4. The van der Waals surface area contributed by atoms with Crippen LogP contribution in [0.4, 0.5) is 33.0 Å². The number of anilines is 5. The minimum Gasteiger partial charge on any atom is -0.381 e. The number of hydrogen-bond acceptors (Lipinski definition) is 12. The molecule has 3 aromatic heterocycles. The third kappa shape index (κ3) is 7.43. The first kappa shape index (κ1) is 42.8. The topological polar surface area (TPSA) is 147 Å². The normalized spacial score (nSPS) is 21.6. The molecule has 68 heavy (non-hydrogen) atoms. The summed E-state index contributed by atoms with van der Waals surface area (Å²) in [7, 11) is 2.07. The van der Waals surface area contributed by atoms with Crippen LogP contribution in [-0.4, -0.2) is 149 Å². The Kier molecular flexibility index (Phi) is 10.6. The van der Waals surface area contributed by atoms with Crippen molar-refractivity contribution >= 4 is 57.8 Å². The Labute approximate surface area is 394 Å². The molecule has 0 bridgehead atoms. The van der Waals surface area contributed by atoms with E-state index in [2.05, 4.69) is 58.8 Å². The van der Waals surface area contributed by atoms with Crippen LogP contribution in [0.5, 0.6) is 0 Å². The van der Waals surface area contributed by atoms with Gasteiger partial charge in [-0.3, -0.25) is 34.1 Å². The first-order chi connectivity index (χ1) is 33.0. The highest BCUT2D eigenvalue weighted by molar-refractivity contribution is 6.05. The second-order valence-electron chi connectivity index (χ2n) is 19.7. The lowest BCUT2D eigenvalue weighted by atomic mass is 9.97. The number of fused-ring (bicyclic) bond motifs is 4. The molecule has 0 spiro atoms. The molecule has 0 radical (unpaired) electrons. The summed E-state index contributed by atoms with van der Waals surface area (Å²) in [6.45, 7) is 12.1. The summed E-state index contributed by atoms with van der Waals surface area (Å²) in [6, 6.07) is 11.3. The third-order valence-electron chi connectivity index (χ3n) is 15.6. The molecule has 7 aliphatic rings. The molecule has 4 fully saturated rings. The highest BCUT2D eigenvalue weighted by Crippen LogP contribution is 2.46. The molecule has 0 aliphatic carbocycles. The molecule has 2 aromatic carbocycles. The molecular formula is C50H57FN12O5. The number of piperidine rings is 1. The van der Waals surface area contributed by atoms with Crippen molar-refractivity contribution in [2.75, 3.05) is 105 Å². The molecule has 5 aromatic rings. The number of likely N-dealkylation sites (N-methyl/N-ethyl adjacent to an activating group) is 1. The van der Waals surface area contributed by atoms with Crippen molar-refractivity contribution in [2.24, 2.45) is 5.92 Å². The number of hydrogen-bond donors (Lipinski definition) is 1. The van der Waals surface area contributed by atoms with Gasteiger partial charge in [-0.1, -0.05) is 0 Å². The minimum absolute atomic E-state index is 0.0451. The molecule has 10 heterocycles. The highest BCUT2D eigenvalue weighted by Gasteiger charge is 2.41. The zero-order valence-electron chi connectivity index (χ0n) is 38.7. The van der Waals surface area contributed by atoms with Gasteiger partial charge in [-0.2, -0.15) is 5.10 Å². The van der Waals surface area contributed by atoms with E-state index in [1.807, 2.05) is 39.8 Å². The first-order valence-electron chi connectivity index (χ1n) is 24.3. The number of benzene rings is 2. The maximum atomic E-state index is 17.1. The van der Waals surface area contributed by atoms with Crippen LogP contribution in [0, 0.1) is 11.7 Å². The van der Waals surface area contributed by atoms with E-state index in [4.69, 9.17) is 9.84 Å². The van der Waals surface area contributed by atoms with Gasteiger partial charge in [0.05, 0.1) is 29.6 Å². The van der Waals surface area contributed by atoms with Gasteiger partial charge < -0.3 is 38.5 Å². The van der Waals surface area contributed by atoms with Crippen molar-refractivity contribution in [3.05, 3.63) is 83.2 Å². The van der Waals surface area contributed by atoms with E-state index in [0.29, 0.717) is 62.9 Å². The smallest absolute Gasteiger partial charge is 0.255 e. The summed E-state index contributed by atoms with van der Waals surface area (Å²) in [5, 5.41) is 7.69. The summed E-state index contributed by atoms with van der Waals surface area (Å²) in [4.78, 5) is 69.9. The van der Waals surface area contributed by atoms with Gasteiger partial charge in [0.2, 0.25) is 17.7 Å². The maximum Gasteiger partial charge on any atom is 0.255 e. The number of nitrogens with zero attached hydrogens (tertiary/aromatic N) is 11. The fraction of sp³-hybridized carbons (Fsp3) is 0.480. The molecule has 4 saturated heterocycles. The number of carbonyl (C=O) groups excluding carboxylic acids is 4. The largest absolute Gasteiger partial charge is 0.381 e. The summed E-state index contributed by atoms with van der Waals surface area (Å²) < 4.78 is 27.0. The van der Waals surface area contributed by atoms with Gasteiger partial charge in [-0.05, 0) is 55.2 Å². The third-order valence-corrected chi connectivity index (χ3v) is 15.6. The quantitative estimate of drug-likeness (QED) is 0.223. The lowest BCUT2D eigenvalue weighted by Crippen LogP contribution is -2.55. The Bertz CT molecular complexity index is 2860. The standard InChI is InChI=1S/C50H57FN12O5/c1-31(64)58-11-7-41-39(29-58)48(54-63(41)34-8-19-68-20-9-34)61-18-13-55(2)43-22-37(40(51)24-44(43)61)38-23-46-52-10-12-59(46)30-45(38)57-16-14-56(15-17-57)25-32-26-60(27-32)35-3-4-36-33(21-35)28-62(50(36)67)42-5-6-47(65)53-49(42)66/h3-4,10,12,21-24,30,32,34,42H,5-9,11,13-20,25-29H2,1-2H3,(H,53,65,66). The summed E-state index contributed by atoms with van der Waals surface area (Å²) in [5.74, 6) is 0.217. The number of piperazine rings is 1. The van der Waals surface area contributed by atoms with Crippen molar-refractivity contribution in [3.63, 3.8) is 0 Å². The van der Waals surface area contributed by atoms with Crippen LogP contribution in [0.3, 0.4) is 0 Å². The predicted octanol–water partition coefficient (Wildman–Crippen LogP) is 4.20. The van der Waals surface area contributed by atoms with Crippen molar-refractivity contribution in [3.8, 4) is 11.1 Å². The summed E-state index contributed by atoms with van der Waals surface area (Å²) in [5.41, 5.74) is 9.63. The van der Waals surface area contributed by atoms with Gasteiger partial charge >= 0.3 is 0 Å². The second kappa shape index (κ2) is 16.9. The molecule has 17 nitrogen and oxygen atoms in total. The van der Waals surface area contributed by atoms with Crippen LogP contribution in [0.15, 0.2) is 55.0 Å². The highest BCUT2D eigenvalue weighted by atomic mass is 19.1. The maximum absolute atomic E-state index is 17.1. The minimum atomic E-state index is -0.622. The van der Waals surface area contributed by atoms with Crippen molar-refractivity contribution in [2.45, 2.75) is 64.2 Å². The van der Waals surface area contributed by atoms with E-state index >= 15 is 4.39 Å². The molecule has 1 unspecified atom stereocenters. The van der Waals surface area contributed by atoms with Crippen molar-refractivity contribution in [1.29, 1.82) is 0 Å². The molecule has 12 rings (SSSR count). The van der Waals surface area contributed by atoms with E-state index in [1.54, 1.807) is 24.1 Å². The van der Waals surface area contributed by atoms with Gasteiger partial charge in [0.15, 0.2) is 5.82 Å². The molecule has 18 heteroatoms. The average molecular weight is 925 g/mol. The van der Waals surface area contributed by atoms with Crippen LogP contribution in [0.25, 0.3) is 16.8 Å². The number of imidazole rings is 1. The molecule has 1 N–H and O–H groups in total. The van der Waals surface area contributed by atoms with Gasteiger partial charge in [0.25, 0.3) is 5.91 Å². The van der Waals surface area contributed by atoms with Crippen LogP contribution >= 0.6 is 0 Å². The zero-order valence-corrected chi connectivity index (χ0v) is 38.7. The number of amides is 4. The van der Waals surface area contributed by atoms with E-state index in [9.17, 15) is 19.2 Å². The van der Waals surface area contributed by atoms with Gasteiger partial charge in [-0.25, -0.2) is 9.37 Å². The summed E-state index contributed by atoms with van der Waals surface area (Å²) >= 11 is 0. The summed E-state index contributed by atoms with van der Waals surface area (Å²) in [6.07, 6.45) is 8.91. The van der Waals surface area contributed by atoms with E-state index in [1.165, 1.54) is 5.69 Å². The number of aromatic nitrogens is 4. The lowest BCUT2D eigenvalue weighted by Gasteiger charge is -2.45. The molecule has 1 atom stereocenters. The Balaban J connectivity index is 0.750. The van der Waals surface area contributed by atoms with Gasteiger partial charge in [0.1, 0.15) is 17.5 Å². The van der Waals surface area contributed by atoms with Crippen LogP contribution in [0.2, 0.25) is 0 Å². The van der Waals surface area contributed by atoms with E-state index in [0.717, 1.165) is 123 Å². The molecular weight excluding hydrogens is 868 g/mol. The van der Waals surface area contributed by atoms with Crippen LogP contribution < -0.4 is 24.9 Å². The van der Waals surface area contributed by atoms with Gasteiger partial charge in [-0.15, -0.1) is 0 Å². The van der Waals surface area contributed by atoms with Crippen LogP contribution in [0.1, 0.15) is 65.8 Å². The molecule has 7 aliphatic heterocycles. The Morgan fingerprint density at radius 3 is 2.47 bits per heavy atom. The first-order valence-corrected chi connectivity index (χ1v) is 24.3. The Morgan fingerprint density at radius 2 is 1.68 bits per heavy atom. The van der Waals surface area contributed by atoms with E-state index in [-0.39, 0.29) is 36.0 Å².